The fourth-order valence-corrected chi connectivity index (χ4v) is 5.03. The maximum atomic E-state index is 10.8. The van der Waals surface area contributed by atoms with Crippen molar-refractivity contribution in [1.29, 1.82) is 0 Å². The van der Waals surface area contributed by atoms with E-state index in [4.69, 9.17) is 14.2 Å². The number of aliphatic hydroxyl groups is 2. The van der Waals surface area contributed by atoms with Crippen LogP contribution >= 0.6 is 0 Å². The van der Waals surface area contributed by atoms with Gasteiger partial charge in [0.1, 0.15) is 0 Å². The van der Waals surface area contributed by atoms with Gasteiger partial charge in [-0.05, 0) is 54.3 Å². The number of benzene rings is 1. The molecule has 4 rings (SSSR count). The van der Waals surface area contributed by atoms with Crippen LogP contribution in [-0.4, -0.2) is 67.8 Å². The SMILES string of the molecule is COc1cc2c(cc1OC)[C@]13C[C@@H](OC)[C@@H](O)C=C1[C@@H](O)CN3CCC2. The van der Waals surface area contributed by atoms with Crippen molar-refractivity contribution in [2.45, 2.75) is 43.1 Å². The molecule has 0 saturated carbocycles. The molecule has 2 N–H and O–H groups in total. The van der Waals surface area contributed by atoms with Crippen LogP contribution in [0.25, 0.3) is 0 Å². The van der Waals surface area contributed by atoms with Crippen LogP contribution in [0.5, 0.6) is 11.5 Å². The van der Waals surface area contributed by atoms with Gasteiger partial charge in [-0.15, -0.1) is 0 Å². The zero-order valence-corrected chi connectivity index (χ0v) is 15.6. The second-order valence-electron chi connectivity index (χ2n) is 7.38. The van der Waals surface area contributed by atoms with Crippen LogP contribution in [-0.2, 0) is 16.7 Å². The number of fused-ring (bicyclic) bond motifs is 1. The molecule has 1 saturated heterocycles. The molecule has 3 aliphatic rings. The molecular formula is C20H27NO5. The third kappa shape index (κ3) is 2.40. The fourth-order valence-electron chi connectivity index (χ4n) is 5.03. The molecule has 0 aromatic heterocycles. The number of methoxy groups -OCH3 is 3. The van der Waals surface area contributed by atoms with Crippen LogP contribution in [0, 0.1) is 0 Å². The minimum Gasteiger partial charge on any atom is -0.493 e. The first-order valence-corrected chi connectivity index (χ1v) is 9.16. The molecular weight excluding hydrogens is 334 g/mol. The lowest BCUT2D eigenvalue weighted by molar-refractivity contribution is -0.0318. The molecule has 142 valence electrons. The molecule has 0 amide bonds. The summed E-state index contributed by atoms with van der Waals surface area (Å²) in [6.07, 6.45) is 2.75. The lowest BCUT2D eigenvalue weighted by atomic mass is 9.71. The van der Waals surface area contributed by atoms with Crippen molar-refractivity contribution in [1.82, 2.24) is 4.90 Å². The smallest absolute Gasteiger partial charge is 0.161 e. The summed E-state index contributed by atoms with van der Waals surface area (Å²) in [6, 6.07) is 4.10. The molecule has 0 unspecified atom stereocenters. The number of hydrogen-bond donors (Lipinski definition) is 2. The van der Waals surface area contributed by atoms with Gasteiger partial charge in [-0.3, -0.25) is 4.90 Å². The third-order valence-corrected chi connectivity index (χ3v) is 6.23. The number of ether oxygens (including phenoxy) is 3. The summed E-state index contributed by atoms with van der Waals surface area (Å²) >= 11 is 0. The first-order valence-electron chi connectivity index (χ1n) is 9.16. The van der Waals surface area contributed by atoms with E-state index < -0.39 is 17.7 Å². The second kappa shape index (κ2) is 6.53. The van der Waals surface area contributed by atoms with E-state index in [9.17, 15) is 10.2 Å². The van der Waals surface area contributed by atoms with E-state index in [1.165, 1.54) is 5.56 Å². The first-order chi connectivity index (χ1) is 12.5. The number of aliphatic hydroxyl groups excluding tert-OH is 2. The average molecular weight is 361 g/mol. The number of hydrogen-bond acceptors (Lipinski definition) is 6. The van der Waals surface area contributed by atoms with Gasteiger partial charge in [-0.2, -0.15) is 0 Å². The van der Waals surface area contributed by atoms with Crippen molar-refractivity contribution in [2.24, 2.45) is 0 Å². The van der Waals surface area contributed by atoms with Crippen LogP contribution in [0.1, 0.15) is 24.0 Å². The zero-order chi connectivity index (χ0) is 18.5. The van der Waals surface area contributed by atoms with Gasteiger partial charge in [0, 0.05) is 20.1 Å². The maximum Gasteiger partial charge on any atom is 0.161 e. The van der Waals surface area contributed by atoms with Crippen LogP contribution in [0.15, 0.2) is 23.8 Å². The van der Waals surface area contributed by atoms with Crippen LogP contribution in [0.3, 0.4) is 0 Å². The van der Waals surface area contributed by atoms with Crippen LogP contribution in [0.2, 0.25) is 0 Å². The highest BCUT2D eigenvalue weighted by atomic mass is 16.5. The van der Waals surface area contributed by atoms with Crippen molar-refractivity contribution in [3.63, 3.8) is 0 Å². The predicted molar refractivity (Wildman–Crippen MR) is 96.6 cm³/mol. The Labute approximate surface area is 154 Å². The summed E-state index contributed by atoms with van der Waals surface area (Å²) in [5.74, 6) is 1.41. The van der Waals surface area contributed by atoms with Crippen LogP contribution in [0.4, 0.5) is 0 Å². The first kappa shape index (κ1) is 17.8. The maximum absolute atomic E-state index is 10.8. The Hall–Kier alpha value is -1.60. The van der Waals surface area contributed by atoms with E-state index in [1.807, 2.05) is 6.07 Å². The van der Waals surface area contributed by atoms with Gasteiger partial charge in [0.2, 0.25) is 0 Å². The minimum absolute atomic E-state index is 0.314. The van der Waals surface area contributed by atoms with E-state index in [0.29, 0.717) is 18.7 Å². The molecule has 1 aromatic rings. The van der Waals surface area contributed by atoms with Gasteiger partial charge < -0.3 is 24.4 Å². The van der Waals surface area contributed by atoms with E-state index in [2.05, 4.69) is 11.0 Å². The molecule has 6 heteroatoms. The largest absolute Gasteiger partial charge is 0.493 e. The van der Waals surface area contributed by atoms with E-state index >= 15 is 0 Å². The standard InChI is InChI=1S/C20H27NO5/c1-24-17-7-12-5-4-6-21-11-16(23)14-8-15(22)19(26-3)10-20(14,21)13(12)9-18(17)25-2/h7-9,15-16,19,22-23H,4-6,10-11H2,1-3H3/t15-,16-,19+,20+/m0/s1. The van der Waals surface area contributed by atoms with Crippen molar-refractivity contribution in [3.05, 3.63) is 34.9 Å². The molecule has 4 atom stereocenters. The quantitative estimate of drug-likeness (QED) is 0.789. The van der Waals surface area contributed by atoms with Gasteiger partial charge >= 0.3 is 0 Å². The highest BCUT2D eigenvalue weighted by Gasteiger charge is 2.56. The Bertz CT molecular complexity index is 733. The van der Waals surface area contributed by atoms with E-state index in [-0.39, 0.29) is 6.10 Å². The number of aryl methyl sites for hydroxylation is 1. The molecule has 1 aliphatic carbocycles. The van der Waals surface area contributed by atoms with Crippen molar-refractivity contribution < 1.29 is 24.4 Å². The summed E-state index contributed by atoms with van der Waals surface area (Å²) in [7, 11) is 4.92. The highest BCUT2D eigenvalue weighted by molar-refractivity contribution is 5.55. The summed E-state index contributed by atoms with van der Waals surface area (Å²) in [5.41, 5.74) is 2.75. The molecule has 1 spiro atoms. The molecule has 2 aliphatic heterocycles. The Kier molecular flexibility index (Phi) is 4.47. The fraction of sp³-hybridized carbons (Fsp3) is 0.600. The summed E-state index contributed by atoms with van der Waals surface area (Å²) in [6.45, 7) is 1.46. The summed E-state index contributed by atoms with van der Waals surface area (Å²) in [5, 5.41) is 21.2. The average Bonchev–Trinajstić information content (AvgIpc) is 2.83. The number of nitrogens with zero attached hydrogens (tertiary/aromatic N) is 1. The van der Waals surface area contributed by atoms with Crippen molar-refractivity contribution in [2.75, 3.05) is 34.4 Å². The van der Waals surface area contributed by atoms with E-state index in [1.54, 1.807) is 27.4 Å². The molecule has 0 bridgehead atoms. The molecule has 26 heavy (non-hydrogen) atoms. The topological polar surface area (TPSA) is 71.4 Å². The molecule has 2 heterocycles. The number of rotatable bonds is 3. The Morgan fingerprint density at radius 3 is 2.54 bits per heavy atom. The van der Waals surface area contributed by atoms with E-state index in [0.717, 1.165) is 36.3 Å². The van der Waals surface area contributed by atoms with Gasteiger partial charge in [0.05, 0.1) is 38.1 Å². The lowest BCUT2D eigenvalue weighted by Crippen LogP contribution is -2.50. The van der Waals surface area contributed by atoms with Crippen LogP contribution < -0.4 is 9.47 Å². The van der Waals surface area contributed by atoms with Gasteiger partial charge in [0.15, 0.2) is 11.5 Å². The lowest BCUT2D eigenvalue weighted by Gasteiger charge is -2.45. The molecule has 6 nitrogen and oxygen atoms in total. The molecule has 1 aromatic carbocycles. The Morgan fingerprint density at radius 1 is 1.12 bits per heavy atom. The second-order valence-corrected chi connectivity index (χ2v) is 7.38. The predicted octanol–water partition coefficient (Wildman–Crippen LogP) is 1.23. The monoisotopic (exact) mass is 361 g/mol. The zero-order valence-electron chi connectivity index (χ0n) is 15.6. The van der Waals surface area contributed by atoms with Crippen molar-refractivity contribution in [3.8, 4) is 11.5 Å². The molecule has 0 radical (unpaired) electrons. The van der Waals surface area contributed by atoms with Gasteiger partial charge in [-0.25, -0.2) is 0 Å². The normalized spacial score (nSPS) is 33.6. The summed E-state index contributed by atoms with van der Waals surface area (Å²) in [4.78, 5) is 2.35. The summed E-state index contributed by atoms with van der Waals surface area (Å²) < 4.78 is 16.7. The molecule has 1 fully saturated rings. The Balaban J connectivity index is 1.96. The third-order valence-electron chi connectivity index (χ3n) is 6.23. The Morgan fingerprint density at radius 2 is 1.85 bits per heavy atom. The minimum atomic E-state index is -0.706. The van der Waals surface area contributed by atoms with Crippen molar-refractivity contribution >= 4 is 0 Å². The van der Waals surface area contributed by atoms with Gasteiger partial charge in [-0.1, -0.05) is 0 Å². The highest BCUT2D eigenvalue weighted by Crippen LogP contribution is 2.53. The van der Waals surface area contributed by atoms with Gasteiger partial charge in [0.25, 0.3) is 0 Å².